The maximum Gasteiger partial charge on any atom is 0.244 e. The normalized spacial score (nSPS) is 16.8. The minimum atomic E-state index is -3.69. The second kappa shape index (κ2) is 9.73. The Hall–Kier alpha value is -1.91. The second-order valence-electron chi connectivity index (χ2n) is 7.18. The molecule has 0 heterocycles. The summed E-state index contributed by atoms with van der Waals surface area (Å²) in [6.45, 7) is 2.24. The van der Waals surface area contributed by atoms with Crippen molar-refractivity contribution in [3.05, 3.63) is 75.8 Å². The van der Waals surface area contributed by atoms with Crippen molar-refractivity contribution in [3.63, 3.8) is 0 Å². The molecule has 0 saturated carbocycles. The monoisotopic (exact) mass is 473 g/mol. The molecule has 1 N–H and O–H groups in total. The van der Waals surface area contributed by atoms with Gasteiger partial charge in [-0.1, -0.05) is 57.1 Å². The highest BCUT2D eigenvalue weighted by atomic mass is 79.9. The second-order valence-corrected chi connectivity index (χ2v) is 10.0. The van der Waals surface area contributed by atoms with Crippen LogP contribution in [0.25, 0.3) is 0 Å². The Labute approximate surface area is 181 Å². The first kappa shape index (κ1) is 21.8. The van der Waals surface area contributed by atoms with Gasteiger partial charge in [0, 0.05) is 16.6 Å². The molecular formula is C23H24BrNO3S. The maximum absolute atomic E-state index is 13.2. The smallest absolute Gasteiger partial charge is 0.244 e. The van der Waals surface area contributed by atoms with Gasteiger partial charge in [-0.2, -0.15) is 4.31 Å². The summed E-state index contributed by atoms with van der Waals surface area (Å²) in [7, 11) is -3.69. The number of rotatable bonds is 5. The Morgan fingerprint density at radius 2 is 1.83 bits per heavy atom. The molecule has 152 valence electrons. The fraction of sp³-hybridized carbons (Fsp3) is 0.304. The average molecular weight is 474 g/mol. The number of aryl methyl sites for hydroxylation is 1. The van der Waals surface area contributed by atoms with E-state index in [-0.39, 0.29) is 18.0 Å². The third-order valence-electron chi connectivity index (χ3n) is 4.80. The number of halogens is 1. The van der Waals surface area contributed by atoms with Crippen molar-refractivity contribution in [1.29, 1.82) is 0 Å². The van der Waals surface area contributed by atoms with Crippen molar-refractivity contribution in [2.45, 2.75) is 37.2 Å². The molecule has 2 aromatic rings. The van der Waals surface area contributed by atoms with E-state index in [0.29, 0.717) is 0 Å². The van der Waals surface area contributed by atoms with Crippen molar-refractivity contribution < 1.29 is 13.5 Å². The Morgan fingerprint density at radius 1 is 1.14 bits per heavy atom. The average Bonchev–Trinajstić information content (AvgIpc) is 2.69. The maximum atomic E-state index is 13.2. The number of nitrogens with zero attached hydrogens (tertiary/aromatic N) is 1. The first-order valence-electron chi connectivity index (χ1n) is 9.53. The van der Waals surface area contributed by atoms with Crippen LogP contribution in [0.3, 0.4) is 0 Å². The minimum Gasteiger partial charge on any atom is -0.389 e. The lowest BCUT2D eigenvalue weighted by Gasteiger charge is -2.24. The van der Waals surface area contributed by atoms with E-state index in [1.165, 1.54) is 4.31 Å². The van der Waals surface area contributed by atoms with Gasteiger partial charge in [0.1, 0.15) is 0 Å². The summed E-state index contributed by atoms with van der Waals surface area (Å²) in [5.74, 6) is 6.04. The Bertz CT molecular complexity index is 1030. The molecule has 6 heteroatoms. The van der Waals surface area contributed by atoms with Crippen LogP contribution in [-0.4, -0.2) is 37.0 Å². The Morgan fingerprint density at radius 3 is 2.48 bits per heavy atom. The SMILES string of the molecule is Cc1ccc(S(=O)(=O)N(CC#Cc2ccc(Br)cc2)CC2=CC(O)CCC2)cc1. The highest BCUT2D eigenvalue weighted by molar-refractivity contribution is 9.10. The summed E-state index contributed by atoms with van der Waals surface area (Å²) >= 11 is 3.39. The fourth-order valence-corrected chi connectivity index (χ4v) is 4.80. The van der Waals surface area contributed by atoms with Crippen molar-refractivity contribution in [2.24, 2.45) is 0 Å². The number of hydrogen-bond donors (Lipinski definition) is 1. The first-order chi connectivity index (χ1) is 13.8. The standard InChI is InChI=1S/C23H24BrNO3S/c1-18-7-13-23(14-8-18)29(27,28)25(17-20-4-2-6-22(26)16-20)15-3-5-19-9-11-21(24)12-10-19/h7-14,16,22,26H,2,4,6,15,17H2,1H3. The van der Waals surface area contributed by atoms with Crippen LogP contribution >= 0.6 is 15.9 Å². The summed E-state index contributed by atoms with van der Waals surface area (Å²) in [6, 6.07) is 14.4. The van der Waals surface area contributed by atoms with Gasteiger partial charge in [-0.25, -0.2) is 8.42 Å². The van der Waals surface area contributed by atoms with Crippen molar-refractivity contribution in [3.8, 4) is 11.8 Å². The summed E-state index contributed by atoms with van der Waals surface area (Å²) in [6.07, 6.45) is 3.64. The zero-order chi connectivity index (χ0) is 20.9. The van der Waals surface area contributed by atoms with E-state index < -0.39 is 16.1 Å². The van der Waals surface area contributed by atoms with Crippen LogP contribution in [0, 0.1) is 18.8 Å². The van der Waals surface area contributed by atoms with Crippen LogP contribution in [0.15, 0.2) is 69.5 Å². The molecule has 2 aromatic carbocycles. The van der Waals surface area contributed by atoms with E-state index in [2.05, 4.69) is 27.8 Å². The molecule has 1 aliphatic carbocycles. The summed E-state index contributed by atoms with van der Waals surface area (Å²) in [4.78, 5) is 0.255. The largest absolute Gasteiger partial charge is 0.389 e. The van der Waals surface area contributed by atoms with E-state index in [0.717, 1.165) is 40.4 Å². The predicted octanol–water partition coefficient (Wildman–Crippen LogP) is 4.27. The quantitative estimate of drug-likeness (QED) is 0.520. The molecule has 29 heavy (non-hydrogen) atoms. The Balaban J connectivity index is 1.87. The molecule has 0 fully saturated rings. The van der Waals surface area contributed by atoms with E-state index in [9.17, 15) is 13.5 Å². The molecular weight excluding hydrogens is 450 g/mol. The number of aliphatic hydroxyl groups is 1. The fourth-order valence-electron chi connectivity index (χ4n) is 3.18. The third kappa shape index (κ3) is 6.03. The molecule has 0 aromatic heterocycles. The molecule has 0 saturated heterocycles. The molecule has 1 unspecified atom stereocenters. The van der Waals surface area contributed by atoms with Gasteiger partial charge in [0.2, 0.25) is 10.0 Å². The van der Waals surface area contributed by atoms with Crippen molar-refractivity contribution >= 4 is 26.0 Å². The summed E-state index contributed by atoms with van der Waals surface area (Å²) in [5, 5.41) is 9.91. The van der Waals surface area contributed by atoms with Gasteiger partial charge in [0.25, 0.3) is 0 Å². The molecule has 3 rings (SSSR count). The molecule has 1 aliphatic rings. The third-order valence-corrected chi connectivity index (χ3v) is 7.13. The van der Waals surface area contributed by atoms with Gasteiger partial charge in [-0.3, -0.25) is 0 Å². The molecule has 0 radical (unpaired) electrons. The van der Waals surface area contributed by atoms with Gasteiger partial charge in [0.05, 0.1) is 17.5 Å². The molecule has 4 nitrogen and oxygen atoms in total. The number of hydrogen-bond acceptors (Lipinski definition) is 3. The van der Waals surface area contributed by atoms with E-state index in [1.54, 1.807) is 30.3 Å². The zero-order valence-electron chi connectivity index (χ0n) is 16.3. The van der Waals surface area contributed by atoms with E-state index >= 15 is 0 Å². The number of sulfonamides is 1. The van der Waals surface area contributed by atoms with Gasteiger partial charge in [-0.05, 0) is 62.6 Å². The van der Waals surface area contributed by atoms with Gasteiger partial charge < -0.3 is 5.11 Å². The lowest BCUT2D eigenvalue weighted by atomic mass is 9.97. The molecule has 0 spiro atoms. The number of aliphatic hydroxyl groups excluding tert-OH is 1. The highest BCUT2D eigenvalue weighted by Gasteiger charge is 2.25. The first-order valence-corrected chi connectivity index (χ1v) is 11.8. The van der Waals surface area contributed by atoms with Crippen LogP contribution < -0.4 is 0 Å². The Kier molecular flexibility index (Phi) is 7.31. The molecule has 0 amide bonds. The van der Waals surface area contributed by atoms with Gasteiger partial charge in [-0.15, -0.1) is 0 Å². The van der Waals surface area contributed by atoms with E-state index in [1.807, 2.05) is 31.2 Å². The minimum absolute atomic E-state index is 0.0830. The van der Waals surface area contributed by atoms with Crippen molar-refractivity contribution in [2.75, 3.05) is 13.1 Å². The molecule has 1 atom stereocenters. The van der Waals surface area contributed by atoms with Crippen LogP contribution in [0.2, 0.25) is 0 Å². The molecule has 0 bridgehead atoms. The highest BCUT2D eigenvalue weighted by Crippen LogP contribution is 2.23. The van der Waals surface area contributed by atoms with Gasteiger partial charge in [0.15, 0.2) is 0 Å². The summed E-state index contributed by atoms with van der Waals surface area (Å²) < 4.78 is 28.9. The van der Waals surface area contributed by atoms with E-state index in [4.69, 9.17) is 0 Å². The predicted molar refractivity (Wildman–Crippen MR) is 119 cm³/mol. The number of benzene rings is 2. The lowest BCUT2D eigenvalue weighted by Crippen LogP contribution is -2.34. The van der Waals surface area contributed by atoms with Crippen LogP contribution in [0.4, 0.5) is 0 Å². The van der Waals surface area contributed by atoms with Gasteiger partial charge >= 0.3 is 0 Å². The van der Waals surface area contributed by atoms with Crippen molar-refractivity contribution in [1.82, 2.24) is 4.31 Å². The van der Waals surface area contributed by atoms with Crippen LogP contribution in [0.5, 0.6) is 0 Å². The lowest BCUT2D eigenvalue weighted by molar-refractivity contribution is 0.201. The molecule has 0 aliphatic heterocycles. The van der Waals surface area contributed by atoms with Crippen LogP contribution in [0.1, 0.15) is 30.4 Å². The topological polar surface area (TPSA) is 57.6 Å². The van der Waals surface area contributed by atoms with Crippen LogP contribution in [-0.2, 0) is 10.0 Å². The zero-order valence-corrected chi connectivity index (χ0v) is 18.7. The summed E-state index contributed by atoms with van der Waals surface area (Å²) in [5.41, 5.74) is 2.77.